The molecule has 1 atom stereocenters. The van der Waals surface area contributed by atoms with Crippen molar-refractivity contribution in [1.82, 2.24) is 15.1 Å². The topological polar surface area (TPSA) is 61.0 Å². The molecule has 0 saturated carbocycles. The zero-order chi connectivity index (χ0) is 17.1. The molecule has 6 heteroatoms. The SMILES string of the molecule is O=C(c1cc(-c2ccsc2)n[nH]1)N1CCCC(Nc2ccccc2)C1. The predicted octanol–water partition coefficient (Wildman–Crippen LogP) is 3.85. The van der Waals surface area contributed by atoms with Crippen molar-refractivity contribution in [3.8, 4) is 11.3 Å². The van der Waals surface area contributed by atoms with Crippen molar-refractivity contribution >= 4 is 22.9 Å². The second-order valence-electron chi connectivity index (χ2n) is 6.28. The lowest BCUT2D eigenvalue weighted by atomic mass is 10.0. The van der Waals surface area contributed by atoms with Crippen molar-refractivity contribution in [2.45, 2.75) is 18.9 Å². The number of nitrogens with zero attached hydrogens (tertiary/aromatic N) is 2. The Hall–Kier alpha value is -2.60. The molecular weight excluding hydrogens is 332 g/mol. The van der Waals surface area contributed by atoms with Gasteiger partial charge in [-0.1, -0.05) is 18.2 Å². The lowest BCUT2D eigenvalue weighted by Crippen LogP contribution is -2.45. The molecule has 0 radical (unpaired) electrons. The van der Waals surface area contributed by atoms with Gasteiger partial charge >= 0.3 is 0 Å². The first-order valence-corrected chi connectivity index (χ1v) is 9.43. The number of para-hydroxylation sites is 1. The number of carbonyl (C=O) groups is 1. The third-order valence-electron chi connectivity index (χ3n) is 4.48. The van der Waals surface area contributed by atoms with Crippen LogP contribution in [0.4, 0.5) is 5.69 Å². The van der Waals surface area contributed by atoms with Gasteiger partial charge in [0.2, 0.25) is 0 Å². The van der Waals surface area contributed by atoms with Crippen molar-refractivity contribution in [3.05, 3.63) is 58.9 Å². The summed E-state index contributed by atoms with van der Waals surface area (Å²) in [6.07, 6.45) is 2.07. The first kappa shape index (κ1) is 15.9. The number of aromatic nitrogens is 2. The quantitative estimate of drug-likeness (QED) is 0.750. The molecule has 1 saturated heterocycles. The van der Waals surface area contributed by atoms with E-state index in [0.717, 1.165) is 36.3 Å². The van der Waals surface area contributed by atoms with Crippen LogP contribution < -0.4 is 5.32 Å². The highest BCUT2D eigenvalue weighted by atomic mass is 32.1. The van der Waals surface area contributed by atoms with Crippen LogP contribution in [0.2, 0.25) is 0 Å². The Labute approximate surface area is 150 Å². The zero-order valence-electron chi connectivity index (χ0n) is 13.8. The summed E-state index contributed by atoms with van der Waals surface area (Å²) in [5.74, 6) is 0.0218. The second-order valence-corrected chi connectivity index (χ2v) is 7.06. The van der Waals surface area contributed by atoms with Crippen LogP contribution in [0.1, 0.15) is 23.3 Å². The van der Waals surface area contributed by atoms with Crippen LogP contribution in [0, 0.1) is 0 Å². The molecule has 1 aromatic carbocycles. The van der Waals surface area contributed by atoms with E-state index in [9.17, 15) is 4.79 Å². The van der Waals surface area contributed by atoms with Crippen LogP contribution >= 0.6 is 11.3 Å². The predicted molar refractivity (Wildman–Crippen MR) is 101 cm³/mol. The van der Waals surface area contributed by atoms with Gasteiger partial charge in [0.15, 0.2) is 0 Å². The molecule has 0 spiro atoms. The van der Waals surface area contributed by atoms with Crippen molar-refractivity contribution in [2.24, 2.45) is 0 Å². The molecule has 25 heavy (non-hydrogen) atoms. The Kier molecular flexibility index (Phi) is 4.52. The highest BCUT2D eigenvalue weighted by Crippen LogP contribution is 2.22. The number of likely N-dealkylation sites (tertiary alicyclic amines) is 1. The monoisotopic (exact) mass is 352 g/mol. The summed E-state index contributed by atoms with van der Waals surface area (Å²) in [4.78, 5) is 14.7. The van der Waals surface area contributed by atoms with Crippen molar-refractivity contribution < 1.29 is 4.79 Å². The molecule has 1 amide bonds. The average Bonchev–Trinajstić information content (AvgIpc) is 3.34. The Bertz CT molecular complexity index is 828. The van der Waals surface area contributed by atoms with Gasteiger partial charge in [-0.2, -0.15) is 16.4 Å². The summed E-state index contributed by atoms with van der Waals surface area (Å²) < 4.78 is 0. The van der Waals surface area contributed by atoms with Gasteiger partial charge in [0.05, 0.1) is 5.69 Å². The summed E-state index contributed by atoms with van der Waals surface area (Å²) in [5, 5.41) is 14.7. The van der Waals surface area contributed by atoms with E-state index in [1.165, 1.54) is 0 Å². The number of anilines is 1. The standard InChI is InChI=1S/C19H20N4OS/c24-19(18-11-17(21-22-18)14-8-10-25-13-14)23-9-4-7-16(12-23)20-15-5-2-1-3-6-15/h1-3,5-6,8,10-11,13,16,20H,4,7,9,12H2,(H,21,22). The average molecular weight is 352 g/mol. The first-order valence-electron chi connectivity index (χ1n) is 8.48. The molecule has 5 nitrogen and oxygen atoms in total. The minimum atomic E-state index is 0.0218. The van der Waals surface area contributed by atoms with Crippen LogP contribution in [0.15, 0.2) is 53.2 Å². The number of aromatic amines is 1. The highest BCUT2D eigenvalue weighted by Gasteiger charge is 2.25. The fraction of sp³-hybridized carbons (Fsp3) is 0.263. The van der Waals surface area contributed by atoms with Crippen LogP contribution in [0.5, 0.6) is 0 Å². The van der Waals surface area contributed by atoms with Gasteiger partial charge in [0.1, 0.15) is 5.69 Å². The maximum absolute atomic E-state index is 12.8. The largest absolute Gasteiger partial charge is 0.381 e. The van der Waals surface area contributed by atoms with Crippen molar-refractivity contribution in [3.63, 3.8) is 0 Å². The minimum Gasteiger partial charge on any atom is -0.381 e. The third kappa shape index (κ3) is 3.58. The summed E-state index contributed by atoms with van der Waals surface area (Å²) in [5.41, 5.74) is 3.52. The van der Waals surface area contributed by atoms with Crippen LogP contribution in [0.25, 0.3) is 11.3 Å². The number of thiophene rings is 1. The van der Waals surface area contributed by atoms with E-state index in [4.69, 9.17) is 0 Å². The molecule has 4 rings (SSSR count). The Morgan fingerprint density at radius 3 is 2.96 bits per heavy atom. The summed E-state index contributed by atoms with van der Waals surface area (Å²) in [6.45, 7) is 1.50. The van der Waals surface area contributed by atoms with E-state index in [0.29, 0.717) is 12.2 Å². The lowest BCUT2D eigenvalue weighted by Gasteiger charge is -2.33. The Morgan fingerprint density at radius 1 is 1.28 bits per heavy atom. The van der Waals surface area contributed by atoms with Crippen LogP contribution in [0.3, 0.4) is 0 Å². The molecule has 1 fully saturated rings. The number of benzene rings is 1. The fourth-order valence-electron chi connectivity index (χ4n) is 3.21. The first-order chi connectivity index (χ1) is 12.3. The Morgan fingerprint density at radius 2 is 2.16 bits per heavy atom. The number of hydrogen-bond donors (Lipinski definition) is 2. The molecule has 0 aliphatic carbocycles. The van der Waals surface area contributed by atoms with E-state index in [-0.39, 0.29) is 11.9 Å². The second kappa shape index (κ2) is 7.11. The number of hydrogen-bond acceptors (Lipinski definition) is 4. The number of amides is 1. The van der Waals surface area contributed by atoms with E-state index in [1.54, 1.807) is 11.3 Å². The molecular formula is C19H20N4OS. The van der Waals surface area contributed by atoms with E-state index in [2.05, 4.69) is 27.6 Å². The third-order valence-corrected chi connectivity index (χ3v) is 5.16. The number of rotatable bonds is 4. The van der Waals surface area contributed by atoms with Crippen molar-refractivity contribution in [1.29, 1.82) is 0 Å². The van der Waals surface area contributed by atoms with Gasteiger partial charge in [-0.3, -0.25) is 9.89 Å². The number of piperidine rings is 1. The molecule has 3 heterocycles. The number of H-pyrrole nitrogens is 1. The summed E-state index contributed by atoms with van der Waals surface area (Å²) in [6, 6.07) is 14.3. The van der Waals surface area contributed by atoms with Crippen LogP contribution in [-0.2, 0) is 0 Å². The number of nitrogens with one attached hydrogen (secondary N) is 2. The molecule has 2 aromatic heterocycles. The van der Waals surface area contributed by atoms with Gasteiger partial charge in [-0.05, 0) is 42.5 Å². The maximum atomic E-state index is 12.8. The fourth-order valence-corrected chi connectivity index (χ4v) is 3.86. The van der Waals surface area contributed by atoms with Gasteiger partial charge in [0.25, 0.3) is 5.91 Å². The van der Waals surface area contributed by atoms with Gasteiger partial charge in [-0.25, -0.2) is 0 Å². The molecule has 1 aliphatic heterocycles. The van der Waals surface area contributed by atoms with Gasteiger partial charge in [-0.15, -0.1) is 0 Å². The number of carbonyl (C=O) groups excluding carboxylic acids is 1. The van der Waals surface area contributed by atoms with E-state index >= 15 is 0 Å². The smallest absolute Gasteiger partial charge is 0.271 e. The normalized spacial score (nSPS) is 17.4. The minimum absolute atomic E-state index is 0.0218. The van der Waals surface area contributed by atoms with Gasteiger partial charge < -0.3 is 10.2 Å². The van der Waals surface area contributed by atoms with Crippen LogP contribution in [-0.4, -0.2) is 40.1 Å². The molecule has 128 valence electrons. The molecule has 0 bridgehead atoms. The summed E-state index contributed by atoms with van der Waals surface area (Å²) >= 11 is 1.62. The molecule has 2 N–H and O–H groups in total. The van der Waals surface area contributed by atoms with E-state index in [1.807, 2.05) is 46.0 Å². The summed E-state index contributed by atoms with van der Waals surface area (Å²) in [7, 11) is 0. The van der Waals surface area contributed by atoms with E-state index < -0.39 is 0 Å². The Balaban J connectivity index is 1.43. The zero-order valence-corrected chi connectivity index (χ0v) is 14.6. The molecule has 1 aliphatic rings. The highest BCUT2D eigenvalue weighted by molar-refractivity contribution is 7.08. The molecule has 3 aromatic rings. The van der Waals surface area contributed by atoms with Crippen molar-refractivity contribution in [2.75, 3.05) is 18.4 Å². The maximum Gasteiger partial charge on any atom is 0.271 e. The lowest BCUT2D eigenvalue weighted by molar-refractivity contribution is 0.0709. The molecule has 1 unspecified atom stereocenters. The van der Waals surface area contributed by atoms with Gasteiger partial charge in [0, 0.05) is 35.8 Å².